The maximum Gasteiger partial charge on any atom is 0.358 e. The van der Waals surface area contributed by atoms with E-state index in [1.54, 1.807) is 19.1 Å². The van der Waals surface area contributed by atoms with E-state index in [0.29, 0.717) is 32.6 Å². The molecule has 1 N–H and O–H groups in total. The zero-order valence-corrected chi connectivity index (χ0v) is 20.3. The molecule has 0 aliphatic rings. The maximum atomic E-state index is 13.3. The van der Waals surface area contributed by atoms with Gasteiger partial charge in [-0.1, -0.05) is 36.4 Å². The van der Waals surface area contributed by atoms with Gasteiger partial charge in [-0.15, -0.1) is 0 Å². The van der Waals surface area contributed by atoms with E-state index in [2.05, 4.69) is 26.2 Å². The van der Waals surface area contributed by atoms with E-state index >= 15 is 0 Å². The zero-order valence-electron chi connectivity index (χ0n) is 18.7. The predicted octanol–water partition coefficient (Wildman–Crippen LogP) is 6.19. The molecule has 0 spiro atoms. The molecule has 0 fully saturated rings. The highest BCUT2D eigenvalue weighted by Crippen LogP contribution is 2.32. The second-order valence-corrected chi connectivity index (χ2v) is 8.68. The maximum absolute atomic E-state index is 13.3. The number of esters is 1. The molecule has 0 amide bonds. The van der Waals surface area contributed by atoms with Crippen molar-refractivity contribution in [1.29, 1.82) is 0 Å². The standard InChI is InChI=1S/C26H23BrN2O4/c1-14-12-18(16(3)28-20-10-11-21(27)29-22(20)26(31)32-4)25-19(13-14)23(30)15(2)24(33-25)17-8-6-5-7-9-17/h5-13,16,28H,1-4H3. The highest BCUT2D eigenvalue weighted by atomic mass is 79.9. The topological polar surface area (TPSA) is 81.4 Å². The number of fused-ring (bicyclic) bond motifs is 1. The minimum Gasteiger partial charge on any atom is -0.464 e. The number of halogens is 1. The number of nitrogens with one attached hydrogen (secondary N) is 1. The molecule has 7 heteroatoms. The van der Waals surface area contributed by atoms with Crippen LogP contribution < -0.4 is 10.7 Å². The molecule has 168 valence electrons. The molecule has 2 aromatic carbocycles. The third-order valence-electron chi connectivity index (χ3n) is 5.51. The van der Waals surface area contributed by atoms with Crippen LogP contribution in [0.2, 0.25) is 0 Å². The Morgan fingerprint density at radius 2 is 1.85 bits per heavy atom. The third kappa shape index (κ3) is 4.41. The largest absolute Gasteiger partial charge is 0.464 e. The lowest BCUT2D eigenvalue weighted by Crippen LogP contribution is -2.15. The summed E-state index contributed by atoms with van der Waals surface area (Å²) in [4.78, 5) is 29.8. The van der Waals surface area contributed by atoms with Crippen LogP contribution >= 0.6 is 15.9 Å². The Hall–Kier alpha value is -3.45. The lowest BCUT2D eigenvalue weighted by atomic mass is 9.98. The molecule has 2 aromatic heterocycles. The first-order chi connectivity index (χ1) is 15.8. The van der Waals surface area contributed by atoms with Crippen molar-refractivity contribution in [1.82, 2.24) is 4.98 Å². The molecule has 6 nitrogen and oxygen atoms in total. The average Bonchev–Trinajstić information content (AvgIpc) is 2.82. The molecule has 2 heterocycles. The fourth-order valence-electron chi connectivity index (χ4n) is 3.87. The lowest BCUT2D eigenvalue weighted by Gasteiger charge is -2.20. The van der Waals surface area contributed by atoms with Crippen LogP contribution in [0.5, 0.6) is 0 Å². The SMILES string of the molecule is COC(=O)c1nc(Br)ccc1NC(C)c1cc(C)cc2c(=O)c(C)c(-c3ccccc3)oc12. The number of anilines is 1. The first kappa shape index (κ1) is 22.7. The number of aromatic nitrogens is 1. The monoisotopic (exact) mass is 506 g/mol. The van der Waals surface area contributed by atoms with Gasteiger partial charge in [0, 0.05) is 16.7 Å². The molecule has 4 rings (SSSR count). The fraction of sp³-hybridized carbons (Fsp3) is 0.192. The van der Waals surface area contributed by atoms with Gasteiger partial charge in [0.15, 0.2) is 11.1 Å². The van der Waals surface area contributed by atoms with Crippen molar-refractivity contribution >= 4 is 38.6 Å². The molecule has 0 aliphatic carbocycles. The second kappa shape index (κ2) is 9.19. The molecular weight excluding hydrogens is 484 g/mol. The smallest absolute Gasteiger partial charge is 0.358 e. The van der Waals surface area contributed by atoms with Gasteiger partial charge in [0.1, 0.15) is 15.9 Å². The lowest BCUT2D eigenvalue weighted by molar-refractivity contribution is 0.0595. The Morgan fingerprint density at radius 1 is 1.12 bits per heavy atom. The van der Waals surface area contributed by atoms with Gasteiger partial charge in [-0.05, 0) is 60.5 Å². The summed E-state index contributed by atoms with van der Waals surface area (Å²) in [7, 11) is 1.31. The zero-order chi connectivity index (χ0) is 23.7. The van der Waals surface area contributed by atoms with Crippen molar-refractivity contribution in [2.24, 2.45) is 0 Å². The third-order valence-corrected chi connectivity index (χ3v) is 5.95. The Kier molecular flexibility index (Phi) is 6.33. The minimum atomic E-state index is -0.548. The summed E-state index contributed by atoms with van der Waals surface area (Å²) >= 11 is 3.30. The van der Waals surface area contributed by atoms with Gasteiger partial charge in [-0.2, -0.15) is 0 Å². The molecule has 4 aromatic rings. The molecule has 0 saturated carbocycles. The summed E-state index contributed by atoms with van der Waals surface area (Å²) in [5.74, 6) is -0.000387. The van der Waals surface area contributed by atoms with Crippen LogP contribution in [-0.2, 0) is 4.74 Å². The number of carbonyl (C=O) groups is 1. The van der Waals surface area contributed by atoms with E-state index in [1.807, 2.05) is 56.3 Å². The average molecular weight is 507 g/mol. The van der Waals surface area contributed by atoms with Crippen LogP contribution in [0.15, 0.2) is 68.4 Å². The van der Waals surface area contributed by atoms with Gasteiger partial charge in [0.05, 0.1) is 24.2 Å². The van der Waals surface area contributed by atoms with Gasteiger partial charge < -0.3 is 14.5 Å². The second-order valence-electron chi connectivity index (χ2n) is 7.87. The number of rotatable bonds is 5. The van der Waals surface area contributed by atoms with Crippen molar-refractivity contribution in [3.05, 3.63) is 91.8 Å². The van der Waals surface area contributed by atoms with E-state index in [9.17, 15) is 9.59 Å². The van der Waals surface area contributed by atoms with E-state index in [1.165, 1.54) is 7.11 Å². The Morgan fingerprint density at radius 3 is 2.55 bits per heavy atom. The summed E-state index contributed by atoms with van der Waals surface area (Å²) in [6, 6.07) is 16.6. The number of hydrogen-bond donors (Lipinski definition) is 1. The molecule has 0 saturated heterocycles. The van der Waals surface area contributed by atoms with Gasteiger partial charge >= 0.3 is 5.97 Å². The van der Waals surface area contributed by atoms with Gasteiger partial charge in [0.25, 0.3) is 0 Å². The quantitative estimate of drug-likeness (QED) is 0.256. The summed E-state index contributed by atoms with van der Waals surface area (Å²) in [6.45, 7) is 5.67. The van der Waals surface area contributed by atoms with E-state index < -0.39 is 5.97 Å². The fourth-order valence-corrected chi connectivity index (χ4v) is 4.18. The number of pyridine rings is 1. The molecule has 0 radical (unpaired) electrons. The number of nitrogens with zero attached hydrogens (tertiary/aromatic N) is 1. The van der Waals surface area contributed by atoms with Gasteiger partial charge in [0.2, 0.25) is 0 Å². The minimum absolute atomic E-state index is 0.0622. The molecule has 0 bridgehead atoms. The first-order valence-electron chi connectivity index (χ1n) is 10.4. The van der Waals surface area contributed by atoms with Crippen LogP contribution in [0, 0.1) is 13.8 Å². The summed E-state index contributed by atoms with van der Waals surface area (Å²) in [5, 5.41) is 3.86. The highest BCUT2D eigenvalue weighted by Gasteiger charge is 2.21. The van der Waals surface area contributed by atoms with Gasteiger partial charge in [-0.3, -0.25) is 4.79 Å². The van der Waals surface area contributed by atoms with E-state index in [4.69, 9.17) is 9.15 Å². The normalized spacial score (nSPS) is 11.9. The van der Waals surface area contributed by atoms with Crippen LogP contribution in [0.25, 0.3) is 22.3 Å². The van der Waals surface area contributed by atoms with Crippen molar-refractivity contribution in [3.8, 4) is 11.3 Å². The Labute approximate surface area is 199 Å². The molecular formula is C26H23BrN2O4. The molecule has 1 unspecified atom stereocenters. The van der Waals surface area contributed by atoms with E-state index in [-0.39, 0.29) is 17.2 Å². The number of hydrogen-bond acceptors (Lipinski definition) is 6. The first-order valence-corrected chi connectivity index (χ1v) is 11.2. The Balaban J connectivity index is 1.87. The van der Waals surface area contributed by atoms with Crippen molar-refractivity contribution in [2.75, 3.05) is 12.4 Å². The molecule has 33 heavy (non-hydrogen) atoms. The number of carbonyl (C=O) groups excluding carboxylic acids is 1. The number of ether oxygens (including phenoxy) is 1. The summed E-state index contributed by atoms with van der Waals surface area (Å²) < 4.78 is 11.8. The molecule has 0 aliphatic heterocycles. The number of methoxy groups -OCH3 is 1. The highest BCUT2D eigenvalue weighted by molar-refractivity contribution is 9.10. The van der Waals surface area contributed by atoms with Gasteiger partial charge in [-0.25, -0.2) is 9.78 Å². The summed E-state index contributed by atoms with van der Waals surface area (Å²) in [6.07, 6.45) is 0. The number of aryl methyl sites for hydroxylation is 1. The van der Waals surface area contributed by atoms with Crippen molar-refractivity contribution in [2.45, 2.75) is 26.8 Å². The van der Waals surface area contributed by atoms with Crippen LogP contribution in [0.1, 0.15) is 40.1 Å². The Bertz CT molecular complexity index is 1410. The molecule has 1 atom stereocenters. The van der Waals surface area contributed by atoms with E-state index in [0.717, 1.165) is 16.7 Å². The van der Waals surface area contributed by atoms with Crippen molar-refractivity contribution in [3.63, 3.8) is 0 Å². The van der Waals surface area contributed by atoms with Crippen LogP contribution in [-0.4, -0.2) is 18.1 Å². The van der Waals surface area contributed by atoms with Crippen molar-refractivity contribution < 1.29 is 13.9 Å². The van der Waals surface area contributed by atoms with Crippen LogP contribution in [0.3, 0.4) is 0 Å². The summed E-state index contributed by atoms with van der Waals surface area (Å²) in [5.41, 5.74) is 4.28. The van der Waals surface area contributed by atoms with Crippen LogP contribution in [0.4, 0.5) is 5.69 Å². The number of benzene rings is 2. The predicted molar refractivity (Wildman–Crippen MR) is 133 cm³/mol.